The minimum atomic E-state index is -1.04. The van der Waals surface area contributed by atoms with Crippen LogP contribution in [-0.2, 0) is 6.61 Å². The second-order valence-corrected chi connectivity index (χ2v) is 4.80. The number of nitrogens with two attached hydrogens (primary N) is 1. The van der Waals surface area contributed by atoms with Gasteiger partial charge in [-0.25, -0.2) is 4.79 Å². The van der Waals surface area contributed by atoms with Gasteiger partial charge >= 0.3 is 5.97 Å². The van der Waals surface area contributed by atoms with Gasteiger partial charge in [-0.2, -0.15) is 0 Å². The Balaban J connectivity index is 2.22. The molecule has 0 saturated carbocycles. The lowest BCUT2D eigenvalue weighted by Gasteiger charge is -2.11. The zero-order valence-electron chi connectivity index (χ0n) is 9.97. The van der Waals surface area contributed by atoms with Crippen LogP contribution in [0.5, 0.6) is 5.75 Å². The zero-order valence-corrected chi connectivity index (χ0v) is 11.6. The van der Waals surface area contributed by atoms with Gasteiger partial charge in [0.2, 0.25) is 0 Å². The zero-order chi connectivity index (χ0) is 13.8. The molecule has 19 heavy (non-hydrogen) atoms. The fraction of sp³-hybridized carbons (Fsp3) is 0.0714. The number of nitrogen functional groups attached to an aromatic ring is 1. The van der Waals surface area contributed by atoms with Gasteiger partial charge in [0.1, 0.15) is 17.9 Å². The van der Waals surface area contributed by atoms with E-state index in [0.29, 0.717) is 5.69 Å². The van der Waals surface area contributed by atoms with Gasteiger partial charge in [0.05, 0.1) is 0 Å². The van der Waals surface area contributed by atoms with Crippen LogP contribution in [0, 0.1) is 0 Å². The van der Waals surface area contributed by atoms with E-state index in [-0.39, 0.29) is 17.9 Å². The van der Waals surface area contributed by atoms with Crippen molar-refractivity contribution in [2.24, 2.45) is 0 Å². The number of anilines is 1. The number of carboxylic acid groups (broad SMARTS) is 1. The second-order valence-electron chi connectivity index (χ2n) is 3.94. The predicted molar refractivity (Wildman–Crippen MR) is 76.3 cm³/mol. The first-order valence-electron chi connectivity index (χ1n) is 5.57. The van der Waals surface area contributed by atoms with E-state index in [9.17, 15) is 4.79 Å². The summed E-state index contributed by atoms with van der Waals surface area (Å²) in [6, 6.07) is 12.1. The van der Waals surface area contributed by atoms with Crippen molar-refractivity contribution in [1.82, 2.24) is 0 Å². The third-order valence-electron chi connectivity index (χ3n) is 2.58. The highest BCUT2D eigenvalue weighted by Gasteiger charge is 2.12. The molecule has 4 nitrogen and oxygen atoms in total. The number of aromatic carboxylic acids is 1. The van der Waals surface area contributed by atoms with Crippen LogP contribution in [0.15, 0.2) is 46.9 Å². The van der Waals surface area contributed by atoms with E-state index in [1.807, 2.05) is 24.3 Å². The topological polar surface area (TPSA) is 72.6 Å². The number of ether oxygens (including phenoxy) is 1. The van der Waals surface area contributed by atoms with Gasteiger partial charge in [-0.3, -0.25) is 0 Å². The van der Waals surface area contributed by atoms with E-state index in [0.717, 1.165) is 10.0 Å². The summed E-state index contributed by atoms with van der Waals surface area (Å²) >= 11 is 3.41. The lowest BCUT2D eigenvalue weighted by atomic mass is 10.2. The molecule has 2 aromatic carbocycles. The Labute approximate surface area is 118 Å². The van der Waals surface area contributed by atoms with Crippen LogP contribution in [0.2, 0.25) is 0 Å². The Morgan fingerprint density at radius 2 is 2.00 bits per heavy atom. The van der Waals surface area contributed by atoms with Crippen molar-refractivity contribution < 1.29 is 14.6 Å². The summed E-state index contributed by atoms with van der Waals surface area (Å²) in [5.74, 6) is -0.773. The molecule has 2 rings (SSSR count). The largest absolute Gasteiger partial charge is 0.488 e. The fourth-order valence-corrected chi connectivity index (χ4v) is 2.01. The van der Waals surface area contributed by atoms with Crippen molar-refractivity contribution in [2.45, 2.75) is 6.61 Å². The van der Waals surface area contributed by atoms with Crippen LogP contribution in [-0.4, -0.2) is 11.1 Å². The molecule has 0 amide bonds. The van der Waals surface area contributed by atoms with E-state index in [2.05, 4.69) is 15.9 Å². The first-order valence-corrected chi connectivity index (χ1v) is 6.36. The number of benzene rings is 2. The molecule has 0 spiro atoms. The average Bonchev–Trinajstić information content (AvgIpc) is 2.37. The van der Waals surface area contributed by atoms with Crippen molar-refractivity contribution in [3.63, 3.8) is 0 Å². The van der Waals surface area contributed by atoms with E-state index in [1.54, 1.807) is 0 Å². The Morgan fingerprint density at radius 1 is 1.26 bits per heavy atom. The average molecular weight is 322 g/mol. The van der Waals surface area contributed by atoms with Gasteiger partial charge in [-0.05, 0) is 18.2 Å². The minimum absolute atomic E-state index is 0.0984. The monoisotopic (exact) mass is 321 g/mol. The van der Waals surface area contributed by atoms with Crippen LogP contribution in [0.4, 0.5) is 5.69 Å². The lowest BCUT2D eigenvalue weighted by molar-refractivity contribution is 0.0692. The third-order valence-corrected chi connectivity index (χ3v) is 3.35. The van der Waals surface area contributed by atoms with Crippen LogP contribution >= 0.6 is 15.9 Å². The molecular weight excluding hydrogens is 310 g/mol. The molecule has 0 aliphatic heterocycles. The van der Waals surface area contributed by atoms with E-state index < -0.39 is 5.97 Å². The van der Waals surface area contributed by atoms with E-state index in [1.165, 1.54) is 18.2 Å². The number of rotatable bonds is 4. The molecule has 0 heterocycles. The Bertz CT molecular complexity index is 613. The molecule has 0 saturated heterocycles. The third kappa shape index (κ3) is 3.26. The predicted octanol–water partition coefficient (Wildman–Crippen LogP) is 3.31. The summed E-state index contributed by atoms with van der Waals surface area (Å²) < 4.78 is 6.47. The molecule has 2 aromatic rings. The van der Waals surface area contributed by atoms with Gasteiger partial charge in [-0.1, -0.05) is 34.1 Å². The van der Waals surface area contributed by atoms with Gasteiger partial charge < -0.3 is 15.6 Å². The van der Waals surface area contributed by atoms with E-state index in [4.69, 9.17) is 15.6 Å². The SMILES string of the molecule is Nc1ccc(C(=O)O)c(OCc2ccccc2Br)c1. The standard InChI is InChI=1S/C14H12BrNO3/c15-12-4-2-1-3-9(12)8-19-13-7-10(16)5-6-11(13)14(17)18/h1-7H,8,16H2,(H,17,18). The maximum atomic E-state index is 11.1. The number of carbonyl (C=O) groups is 1. The van der Waals surface area contributed by atoms with Crippen molar-refractivity contribution >= 4 is 27.6 Å². The Hall–Kier alpha value is -2.01. The molecule has 0 atom stereocenters. The minimum Gasteiger partial charge on any atom is -0.488 e. The molecular formula is C14H12BrNO3. The molecule has 0 aromatic heterocycles. The van der Waals surface area contributed by atoms with Crippen molar-refractivity contribution in [1.29, 1.82) is 0 Å². The summed E-state index contributed by atoms with van der Waals surface area (Å²) in [4.78, 5) is 11.1. The molecule has 5 heteroatoms. The number of halogens is 1. The van der Waals surface area contributed by atoms with Gasteiger partial charge in [0, 0.05) is 21.8 Å². The maximum Gasteiger partial charge on any atom is 0.339 e. The van der Waals surface area contributed by atoms with Crippen LogP contribution < -0.4 is 10.5 Å². The molecule has 0 unspecified atom stereocenters. The van der Waals surface area contributed by atoms with Gasteiger partial charge in [0.25, 0.3) is 0 Å². The smallest absolute Gasteiger partial charge is 0.339 e. The molecule has 98 valence electrons. The quantitative estimate of drug-likeness (QED) is 0.847. The molecule has 0 radical (unpaired) electrons. The lowest BCUT2D eigenvalue weighted by Crippen LogP contribution is -2.04. The summed E-state index contributed by atoms with van der Waals surface area (Å²) in [6.45, 7) is 0.269. The second kappa shape index (κ2) is 5.75. The molecule has 0 aliphatic carbocycles. The highest BCUT2D eigenvalue weighted by molar-refractivity contribution is 9.10. The summed E-state index contributed by atoms with van der Waals surface area (Å²) in [5.41, 5.74) is 7.14. The van der Waals surface area contributed by atoms with Crippen LogP contribution in [0.3, 0.4) is 0 Å². The van der Waals surface area contributed by atoms with Gasteiger partial charge in [-0.15, -0.1) is 0 Å². The highest BCUT2D eigenvalue weighted by Crippen LogP contribution is 2.24. The summed E-state index contributed by atoms with van der Waals surface area (Å²) in [7, 11) is 0. The maximum absolute atomic E-state index is 11.1. The molecule has 3 N–H and O–H groups in total. The first-order chi connectivity index (χ1) is 9.08. The van der Waals surface area contributed by atoms with E-state index >= 15 is 0 Å². The number of carboxylic acids is 1. The van der Waals surface area contributed by atoms with Gasteiger partial charge in [0.15, 0.2) is 0 Å². The van der Waals surface area contributed by atoms with Crippen molar-refractivity contribution in [3.05, 3.63) is 58.1 Å². The summed E-state index contributed by atoms with van der Waals surface area (Å²) in [6.07, 6.45) is 0. The fourth-order valence-electron chi connectivity index (χ4n) is 1.61. The van der Waals surface area contributed by atoms with Crippen LogP contribution in [0.25, 0.3) is 0 Å². The number of hydrogen-bond donors (Lipinski definition) is 2. The summed E-state index contributed by atoms with van der Waals surface area (Å²) in [5, 5.41) is 9.08. The van der Waals surface area contributed by atoms with Crippen molar-refractivity contribution in [2.75, 3.05) is 5.73 Å². The molecule has 0 aliphatic rings. The van der Waals surface area contributed by atoms with Crippen molar-refractivity contribution in [3.8, 4) is 5.75 Å². The normalized spacial score (nSPS) is 10.2. The highest BCUT2D eigenvalue weighted by atomic mass is 79.9. The number of hydrogen-bond acceptors (Lipinski definition) is 3. The van der Waals surface area contributed by atoms with Crippen LogP contribution in [0.1, 0.15) is 15.9 Å². The molecule has 0 fully saturated rings. The first kappa shape index (κ1) is 13.4. The Kier molecular flexibility index (Phi) is 4.06. The Morgan fingerprint density at radius 3 is 2.68 bits per heavy atom. The molecule has 0 bridgehead atoms.